The number of nitrogens with zero attached hydrogens (tertiary/aromatic N) is 6. The smallest absolute Gasteiger partial charge is 0.222 e. The highest BCUT2D eigenvalue weighted by molar-refractivity contribution is 5.93. The number of carbonyl (C=O) groups excluding carboxylic acids is 1. The first-order valence-electron chi connectivity index (χ1n) is 9.50. The summed E-state index contributed by atoms with van der Waals surface area (Å²) in [4.78, 5) is 25.4. The molecule has 1 aliphatic heterocycles. The summed E-state index contributed by atoms with van der Waals surface area (Å²) < 4.78 is 1.80. The second kappa shape index (κ2) is 7.55. The van der Waals surface area contributed by atoms with Crippen LogP contribution < -0.4 is 10.2 Å². The minimum atomic E-state index is -0.141. The Bertz CT molecular complexity index is 1010. The van der Waals surface area contributed by atoms with Crippen molar-refractivity contribution in [2.24, 2.45) is 7.05 Å². The molecule has 0 spiro atoms. The Kier molecular flexibility index (Phi) is 4.95. The molecule has 8 nitrogen and oxygen atoms in total. The second-order valence-electron chi connectivity index (χ2n) is 7.35. The van der Waals surface area contributed by atoms with Crippen molar-refractivity contribution in [3.63, 3.8) is 0 Å². The highest BCUT2D eigenvalue weighted by Crippen LogP contribution is 2.33. The normalized spacial score (nSPS) is 15.6. The topological polar surface area (TPSA) is 79.2 Å². The van der Waals surface area contributed by atoms with Gasteiger partial charge in [0.1, 0.15) is 11.6 Å². The molecule has 1 N–H and O–H groups in total. The van der Waals surface area contributed by atoms with Crippen LogP contribution >= 0.6 is 0 Å². The maximum absolute atomic E-state index is 11.4. The van der Waals surface area contributed by atoms with E-state index in [1.54, 1.807) is 10.9 Å². The molecule has 0 aliphatic carbocycles. The van der Waals surface area contributed by atoms with Crippen LogP contribution in [0.4, 0.5) is 11.6 Å². The number of fused-ring (bicyclic) bond motifs is 1. The van der Waals surface area contributed by atoms with Gasteiger partial charge in [-0.1, -0.05) is 0 Å². The molecule has 146 valence electrons. The number of carbonyl (C=O) groups is 1. The van der Waals surface area contributed by atoms with Gasteiger partial charge in [0.25, 0.3) is 0 Å². The van der Waals surface area contributed by atoms with Crippen LogP contribution in [0, 0.1) is 0 Å². The van der Waals surface area contributed by atoms with Gasteiger partial charge in [-0.3, -0.25) is 9.48 Å². The number of nitrogens with one attached hydrogen (secondary N) is 1. The van der Waals surface area contributed by atoms with Gasteiger partial charge < -0.3 is 15.1 Å². The number of anilines is 2. The van der Waals surface area contributed by atoms with E-state index in [1.807, 2.05) is 25.5 Å². The summed E-state index contributed by atoms with van der Waals surface area (Å²) in [5.74, 6) is 1.35. The fourth-order valence-corrected chi connectivity index (χ4v) is 3.59. The molecule has 3 aromatic heterocycles. The molecule has 1 amide bonds. The van der Waals surface area contributed by atoms with E-state index >= 15 is 0 Å². The molecule has 0 atom stereocenters. The summed E-state index contributed by atoms with van der Waals surface area (Å²) in [6, 6.07) is 3.99. The van der Waals surface area contributed by atoms with Crippen LogP contribution in [0.5, 0.6) is 0 Å². The lowest BCUT2D eigenvalue weighted by atomic mass is 10.1. The number of amides is 1. The van der Waals surface area contributed by atoms with Gasteiger partial charge in [0.05, 0.1) is 17.9 Å². The first-order valence-corrected chi connectivity index (χ1v) is 9.50. The quantitative estimate of drug-likeness (QED) is 0.751. The average molecular weight is 379 g/mol. The molecule has 0 unspecified atom stereocenters. The van der Waals surface area contributed by atoms with Gasteiger partial charge in [0, 0.05) is 56.3 Å². The van der Waals surface area contributed by atoms with E-state index in [-0.39, 0.29) is 5.91 Å². The van der Waals surface area contributed by atoms with Crippen molar-refractivity contribution >= 4 is 28.4 Å². The van der Waals surface area contributed by atoms with Crippen LogP contribution in [-0.4, -0.2) is 63.8 Å². The van der Waals surface area contributed by atoms with Crippen molar-refractivity contribution in [2.75, 3.05) is 43.4 Å². The van der Waals surface area contributed by atoms with E-state index < -0.39 is 0 Å². The number of aryl methyl sites for hydroxylation is 1. The Morgan fingerprint density at radius 1 is 1.11 bits per heavy atom. The van der Waals surface area contributed by atoms with Crippen molar-refractivity contribution in [1.29, 1.82) is 0 Å². The number of pyridine rings is 2. The minimum Gasteiger partial charge on any atom is -0.355 e. The highest BCUT2D eigenvalue weighted by Gasteiger charge is 2.20. The predicted octanol–water partition coefficient (Wildman–Crippen LogP) is 2.13. The molecule has 28 heavy (non-hydrogen) atoms. The summed E-state index contributed by atoms with van der Waals surface area (Å²) >= 11 is 0. The molecule has 0 bridgehead atoms. The van der Waals surface area contributed by atoms with Crippen molar-refractivity contribution in [3.8, 4) is 11.1 Å². The zero-order valence-corrected chi connectivity index (χ0v) is 16.5. The molecule has 1 aliphatic rings. The zero-order valence-electron chi connectivity index (χ0n) is 16.5. The molecule has 3 aromatic rings. The zero-order chi connectivity index (χ0) is 19.7. The second-order valence-corrected chi connectivity index (χ2v) is 7.35. The van der Waals surface area contributed by atoms with Crippen molar-refractivity contribution in [1.82, 2.24) is 24.6 Å². The van der Waals surface area contributed by atoms with Gasteiger partial charge >= 0.3 is 0 Å². The van der Waals surface area contributed by atoms with E-state index in [1.165, 1.54) is 6.92 Å². The third-order valence-corrected chi connectivity index (χ3v) is 5.02. The Morgan fingerprint density at radius 3 is 2.71 bits per heavy atom. The lowest BCUT2D eigenvalue weighted by molar-refractivity contribution is -0.114. The van der Waals surface area contributed by atoms with Crippen LogP contribution in [-0.2, 0) is 11.8 Å². The van der Waals surface area contributed by atoms with Gasteiger partial charge in [-0.05, 0) is 32.1 Å². The molecule has 1 saturated heterocycles. The fourth-order valence-electron chi connectivity index (χ4n) is 3.59. The van der Waals surface area contributed by atoms with Crippen molar-refractivity contribution in [3.05, 3.63) is 30.7 Å². The molecule has 0 saturated carbocycles. The van der Waals surface area contributed by atoms with Crippen LogP contribution in [0.3, 0.4) is 0 Å². The Labute approximate surface area is 164 Å². The van der Waals surface area contributed by atoms with E-state index in [2.05, 4.69) is 38.3 Å². The summed E-state index contributed by atoms with van der Waals surface area (Å²) in [5.41, 5.74) is 2.89. The molecule has 4 rings (SSSR count). The van der Waals surface area contributed by atoms with E-state index in [0.717, 1.165) is 60.4 Å². The molecule has 0 radical (unpaired) electrons. The highest BCUT2D eigenvalue weighted by atomic mass is 16.1. The minimum absolute atomic E-state index is 0.141. The van der Waals surface area contributed by atoms with Crippen LogP contribution in [0.1, 0.15) is 13.3 Å². The summed E-state index contributed by atoms with van der Waals surface area (Å²) in [6.07, 6.45) is 6.70. The van der Waals surface area contributed by atoms with E-state index in [9.17, 15) is 4.79 Å². The van der Waals surface area contributed by atoms with Crippen molar-refractivity contribution < 1.29 is 4.79 Å². The first-order chi connectivity index (χ1) is 13.5. The summed E-state index contributed by atoms with van der Waals surface area (Å²) in [7, 11) is 4.07. The lowest BCUT2D eigenvalue weighted by Gasteiger charge is -2.24. The predicted molar refractivity (Wildman–Crippen MR) is 110 cm³/mol. The van der Waals surface area contributed by atoms with E-state index in [0.29, 0.717) is 5.82 Å². The van der Waals surface area contributed by atoms with E-state index in [4.69, 9.17) is 4.98 Å². The summed E-state index contributed by atoms with van der Waals surface area (Å²) in [5, 5.41) is 8.02. The molecule has 1 fully saturated rings. The monoisotopic (exact) mass is 379 g/mol. The molecule has 4 heterocycles. The fraction of sp³-hybridized carbons (Fsp3) is 0.400. The molecular weight excluding hydrogens is 354 g/mol. The first kappa shape index (κ1) is 18.4. The maximum Gasteiger partial charge on any atom is 0.222 e. The standard InChI is InChI=1S/C20H25N7O/c1-14(28)23-19-10-15-9-17(16-11-22-26(3)13-16)20(24-18(15)12-21-19)27-6-4-5-25(2)7-8-27/h9-13H,4-8H2,1-3H3,(H,21,23,28). The molecular formula is C20H25N7O. The van der Waals surface area contributed by atoms with Crippen molar-refractivity contribution in [2.45, 2.75) is 13.3 Å². The number of likely N-dealkylation sites (N-methyl/N-ethyl adjacent to an activating group) is 1. The Hall–Kier alpha value is -3.00. The number of rotatable bonds is 3. The van der Waals surface area contributed by atoms with Crippen LogP contribution in [0.2, 0.25) is 0 Å². The Morgan fingerprint density at radius 2 is 1.96 bits per heavy atom. The van der Waals surface area contributed by atoms with Gasteiger partial charge in [-0.15, -0.1) is 0 Å². The average Bonchev–Trinajstić information content (AvgIpc) is 2.97. The van der Waals surface area contributed by atoms with Gasteiger partial charge in [0.2, 0.25) is 5.91 Å². The Balaban J connectivity index is 1.83. The maximum atomic E-state index is 11.4. The third-order valence-electron chi connectivity index (χ3n) is 5.02. The third kappa shape index (κ3) is 3.82. The number of aromatic nitrogens is 4. The van der Waals surface area contributed by atoms with Gasteiger partial charge in [-0.2, -0.15) is 5.10 Å². The van der Waals surface area contributed by atoms with Gasteiger partial charge in [0.15, 0.2) is 0 Å². The summed E-state index contributed by atoms with van der Waals surface area (Å²) in [6.45, 7) is 5.47. The molecule has 0 aromatic carbocycles. The largest absolute Gasteiger partial charge is 0.355 e. The van der Waals surface area contributed by atoms with Crippen LogP contribution in [0.15, 0.2) is 30.7 Å². The number of hydrogen-bond acceptors (Lipinski definition) is 6. The van der Waals surface area contributed by atoms with Crippen LogP contribution in [0.25, 0.3) is 22.0 Å². The molecule has 8 heteroatoms. The lowest BCUT2D eigenvalue weighted by Crippen LogP contribution is -2.29. The number of hydrogen-bond donors (Lipinski definition) is 1. The van der Waals surface area contributed by atoms with Gasteiger partial charge in [-0.25, -0.2) is 9.97 Å². The SMILES string of the molecule is CC(=O)Nc1cc2cc(-c3cnn(C)c3)c(N3CCCN(C)CC3)nc2cn1.